The fourth-order valence-electron chi connectivity index (χ4n) is 1.13. The summed E-state index contributed by atoms with van der Waals surface area (Å²) in [4.78, 5) is 7.53. The van der Waals surface area contributed by atoms with E-state index in [-0.39, 0.29) is 43.0 Å². The molecule has 3 nitrogen and oxygen atoms in total. The molecular formula is C10H10Cl3FN2O. The second-order valence-electron chi connectivity index (χ2n) is 2.76. The lowest BCUT2D eigenvalue weighted by Crippen LogP contribution is -1.87. The average Bonchev–Trinajstić information content (AvgIpc) is 2.20. The summed E-state index contributed by atoms with van der Waals surface area (Å²) in [5.41, 5.74) is 0.850. The van der Waals surface area contributed by atoms with Crippen molar-refractivity contribution < 1.29 is 9.50 Å². The minimum absolute atomic E-state index is 0. The Hall–Kier alpha value is -1.10. The van der Waals surface area contributed by atoms with Gasteiger partial charge in [-0.1, -0.05) is 0 Å². The number of pyridine rings is 2. The zero-order valence-electron chi connectivity index (χ0n) is 8.41. The first kappa shape index (κ1) is 18.3. The second-order valence-corrected chi connectivity index (χ2v) is 2.76. The van der Waals surface area contributed by atoms with Crippen molar-refractivity contribution in [1.29, 1.82) is 0 Å². The van der Waals surface area contributed by atoms with E-state index in [0.29, 0.717) is 11.3 Å². The van der Waals surface area contributed by atoms with Crippen LogP contribution in [-0.4, -0.2) is 15.1 Å². The highest BCUT2D eigenvalue weighted by atomic mass is 35.5. The number of hydrogen-bond acceptors (Lipinski definition) is 3. The van der Waals surface area contributed by atoms with Crippen molar-refractivity contribution in [2.75, 3.05) is 0 Å². The maximum atomic E-state index is 13.2. The Morgan fingerprint density at radius 2 is 1.71 bits per heavy atom. The first-order chi connectivity index (χ1) is 6.77. The smallest absolute Gasteiger partial charge is 0.150 e. The molecule has 2 heterocycles. The lowest BCUT2D eigenvalue weighted by molar-refractivity contribution is 0.473. The van der Waals surface area contributed by atoms with Gasteiger partial charge in [-0.25, -0.2) is 4.39 Å². The monoisotopic (exact) mass is 298 g/mol. The van der Waals surface area contributed by atoms with Gasteiger partial charge in [-0.15, -0.1) is 37.2 Å². The standard InChI is InChI=1S/C10H7FN2O.3ClH/c11-9-6-12-4-3-8(9)10-2-1-7(14)5-13-10;;;/h1-6,14H;3*1H. The molecule has 2 rings (SSSR count). The van der Waals surface area contributed by atoms with Crippen LogP contribution in [0.15, 0.2) is 36.8 Å². The number of halogens is 4. The summed E-state index contributed by atoms with van der Waals surface area (Å²) in [6, 6.07) is 4.55. The van der Waals surface area contributed by atoms with Gasteiger partial charge in [0, 0.05) is 11.8 Å². The first-order valence-electron chi connectivity index (χ1n) is 4.02. The minimum atomic E-state index is -0.425. The summed E-state index contributed by atoms with van der Waals surface area (Å²) >= 11 is 0. The molecule has 0 unspecified atom stereocenters. The third-order valence-corrected chi connectivity index (χ3v) is 1.80. The summed E-state index contributed by atoms with van der Waals surface area (Å²) in [5, 5.41) is 9.00. The Labute approximate surface area is 116 Å². The van der Waals surface area contributed by atoms with Crippen LogP contribution >= 0.6 is 37.2 Å². The molecule has 0 fully saturated rings. The SMILES string of the molecule is Cl.Cl.Cl.Oc1ccc(-c2ccncc2F)nc1. The Bertz CT molecular complexity index is 454. The fourth-order valence-corrected chi connectivity index (χ4v) is 1.13. The molecule has 17 heavy (non-hydrogen) atoms. The maximum absolute atomic E-state index is 13.2. The molecule has 0 aliphatic rings. The summed E-state index contributed by atoms with van der Waals surface area (Å²) in [7, 11) is 0. The van der Waals surface area contributed by atoms with E-state index < -0.39 is 5.82 Å². The summed E-state index contributed by atoms with van der Waals surface area (Å²) in [6.07, 6.45) is 3.89. The van der Waals surface area contributed by atoms with Crippen LogP contribution in [0.5, 0.6) is 5.75 Å². The predicted octanol–water partition coefficient (Wildman–Crippen LogP) is 3.25. The van der Waals surface area contributed by atoms with Gasteiger partial charge in [0.25, 0.3) is 0 Å². The fraction of sp³-hybridized carbons (Fsp3) is 0. The molecule has 0 amide bonds. The Morgan fingerprint density at radius 3 is 2.24 bits per heavy atom. The Kier molecular flexibility index (Phi) is 8.66. The molecule has 0 aliphatic heterocycles. The van der Waals surface area contributed by atoms with Crippen LogP contribution in [0.3, 0.4) is 0 Å². The van der Waals surface area contributed by atoms with E-state index in [9.17, 15) is 4.39 Å². The molecule has 2 aromatic heterocycles. The van der Waals surface area contributed by atoms with E-state index in [1.54, 1.807) is 6.07 Å². The van der Waals surface area contributed by atoms with Gasteiger partial charge >= 0.3 is 0 Å². The molecule has 0 saturated carbocycles. The average molecular weight is 300 g/mol. The molecule has 2 aromatic rings. The third kappa shape index (κ3) is 4.34. The van der Waals surface area contributed by atoms with Crippen molar-refractivity contribution in [3.63, 3.8) is 0 Å². The van der Waals surface area contributed by atoms with Gasteiger partial charge in [-0.05, 0) is 18.2 Å². The zero-order chi connectivity index (χ0) is 9.97. The van der Waals surface area contributed by atoms with Crippen LogP contribution in [0, 0.1) is 5.82 Å². The van der Waals surface area contributed by atoms with Crippen molar-refractivity contribution in [1.82, 2.24) is 9.97 Å². The molecule has 7 heteroatoms. The zero-order valence-corrected chi connectivity index (χ0v) is 10.9. The molecule has 0 bridgehead atoms. The Morgan fingerprint density at radius 1 is 1.00 bits per heavy atom. The van der Waals surface area contributed by atoms with E-state index >= 15 is 0 Å². The minimum Gasteiger partial charge on any atom is -0.506 e. The van der Waals surface area contributed by atoms with Crippen LogP contribution in [0.4, 0.5) is 4.39 Å². The topological polar surface area (TPSA) is 46.0 Å². The van der Waals surface area contributed by atoms with E-state index in [2.05, 4.69) is 9.97 Å². The number of aromatic hydroxyl groups is 1. The highest BCUT2D eigenvalue weighted by Gasteiger charge is 2.04. The summed E-state index contributed by atoms with van der Waals surface area (Å²) < 4.78 is 13.2. The largest absolute Gasteiger partial charge is 0.506 e. The summed E-state index contributed by atoms with van der Waals surface area (Å²) in [5.74, 6) is -0.367. The second kappa shape index (κ2) is 8.06. The lowest BCUT2D eigenvalue weighted by atomic mass is 10.2. The van der Waals surface area contributed by atoms with Crippen molar-refractivity contribution >= 4 is 37.2 Å². The van der Waals surface area contributed by atoms with E-state index in [1.165, 1.54) is 24.5 Å². The molecule has 0 saturated heterocycles. The molecule has 94 valence electrons. The van der Waals surface area contributed by atoms with Crippen LogP contribution < -0.4 is 0 Å². The summed E-state index contributed by atoms with van der Waals surface area (Å²) in [6.45, 7) is 0. The quantitative estimate of drug-likeness (QED) is 0.879. The highest BCUT2D eigenvalue weighted by Crippen LogP contribution is 2.20. The van der Waals surface area contributed by atoms with Crippen molar-refractivity contribution in [3.8, 4) is 17.0 Å². The van der Waals surface area contributed by atoms with Crippen molar-refractivity contribution in [2.45, 2.75) is 0 Å². The molecule has 0 aromatic carbocycles. The number of aromatic nitrogens is 2. The Balaban J connectivity index is 0. The molecule has 0 spiro atoms. The number of hydrogen-bond donors (Lipinski definition) is 1. The molecule has 0 atom stereocenters. The third-order valence-electron chi connectivity index (χ3n) is 1.80. The lowest BCUT2D eigenvalue weighted by Gasteiger charge is -2.00. The number of rotatable bonds is 1. The maximum Gasteiger partial charge on any atom is 0.150 e. The van der Waals surface area contributed by atoms with Crippen molar-refractivity contribution in [3.05, 3.63) is 42.6 Å². The van der Waals surface area contributed by atoms with Crippen molar-refractivity contribution in [2.24, 2.45) is 0 Å². The molecule has 0 aliphatic carbocycles. The molecule has 1 N–H and O–H groups in total. The molecule has 0 radical (unpaired) electrons. The van der Waals surface area contributed by atoms with Crippen LogP contribution in [-0.2, 0) is 0 Å². The van der Waals surface area contributed by atoms with Gasteiger partial charge in [0.15, 0.2) is 5.82 Å². The van der Waals surface area contributed by atoms with E-state index in [0.717, 1.165) is 6.20 Å². The highest BCUT2D eigenvalue weighted by molar-refractivity contribution is 5.86. The van der Waals surface area contributed by atoms with Gasteiger partial charge in [0.1, 0.15) is 5.75 Å². The first-order valence-corrected chi connectivity index (χ1v) is 4.02. The van der Waals surface area contributed by atoms with Crippen LogP contribution in [0.25, 0.3) is 11.3 Å². The van der Waals surface area contributed by atoms with Crippen LogP contribution in [0.2, 0.25) is 0 Å². The molecular weight excluding hydrogens is 289 g/mol. The van der Waals surface area contributed by atoms with Gasteiger partial charge in [0.2, 0.25) is 0 Å². The van der Waals surface area contributed by atoms with E-state index in [1.807, 2.05) is 0 Å². The van der Waals surface area contributed by atoms with Gasteiger partial charge in [0.05, 0.1) is 18.1 Å². The normalized spacial score (nSPS) is 8.29. The van der Waals surface area contributed by atoms with Gasteiger partial charge < -0.3 is 5.11 Å². The van der Waals surface area contributed by atoms with Gasteiger partial charge in [-0.3, -0.25) is 9.97 Å². The predicted molar refractivity (Wildman–Crippen MR) is 70.8 cm³/mol. The number of nitrogens with zero attached hydrogens (tertiary/aromatic N) is 2. The van der Waals surface area contributed by atoms with Gasteiger partial charge in [-0.2, -0.15) is 0 Å². The van der Waals surface area contributed by atoms with Crippen LogP contribution in [0.1, 0.15) is 0 Å². The van der Waals surface area contributed by atoms with E-state index in [4.69, 9.17) is 5.11 Å².